The Labute approximate surface area is 115 Å². The number of benzene rings is 1. The van der Waals surface area contributed by atoms with Gasteiger partial charge in [0.15, 0.2) is 17.4 Å². The van der Waals surface area contributed by atoms with E-state index in [9.17, 15) is 9.59 Å². The van der Waals surface area contributed by atoms with Crippen molar-refractivity contribution in [1.82, 2.24) is 0 Å². The average molecular weight is 284 g/mol. The molecule has 0 radical (unpaired) electrons. The molecule has 7 nitrogen and oxygen atoms in total. The molecular formula is C13H16O7. The second kappa shape index (κ2) is 6.65. The minimum atomic E-state index is -1.53. The van der Waals surface area contributed by atoms with Gasteiger partial charge in [-0.05, 0) is 24.1 Å². The number of carboxylic acid groups (broad SMARTS) is 2. The van der Waals surface area contributed by atoms with Gasteiger partial charge in [-0.3, -0.25) is 9.59 Å². The van der Waals surface area contributed by atoms with Crippen molar-refractivity contribution in [1.29, 1.82) is 0 Å². The van der Waals surface area contributed by atoms with Gasteiger partial charge in [0.05, 0.1) is 21.3 Å². The lowest BCUT2D eigenvalue weighted by Crippen LogP contribution is -2.25. The van der Waals surface area contributed by atoms with Crippen LogP contribution in [-0.2, 0) is 16.0 Å². The van der Waals surface area contributed by atoms with Crippen LogP contribution in [0, 0.1) is 5.92 Å². The first-order valence-corrected chi connectivity index (χ1v) is 5.69. The molecule has 0 aliphatic rings. The molecule has 0 amide bonds. The van der Waals surface area contributed by atoms with Gasteiger partial charge in [-0.25, -0.2) is 0 Å². The molecule has 0 aliphatic heterocycles. The highest BCUT2D eigenvalue weighted by Crippen LogP contribution is 2.38. The molecule has 110 valence electrons. The molecule has 0 spiro atoms. The number of carboxylic acids is 2. The molecule has 0 saturated heterocycles. The van der Waals surface area contributed by atoms with E-state index in [2.05, 4.69) is 0 Å². The third kappa shape index (κ3) is 3.31. The van der Waals surface area contributed by atoms with E-state index in [1.54, 1.807) is 0 Å². The monoisotopic (exact) mass is 284 g/mol. The quantitative estimate of drug-likeness (QED) is 0.721. The lowest BCUT2D eigenvalue weighted by Gasteiger charge is -2.15. The molecule has 7 heteroatoms. The van der Waals surface area contributed by atoms with Crippen LogP contribution < -0.4 is 14.2 Å². The lowest BCUT2D eigenvalue weighted by atomic mass is 9.99. The average Bonchev–Trinajstić information content (AvgIpc) is 2.42. The van der Waals surface area contributed by atoms with E-state index in [4.69, 9.17) is 24.4 Å². The SMILES string of the molecule is COc1cc(CC(C(=O)O)C(=O)O)cc(OC)c1OC. The zero-order valence-electron chi connectivity index (χ0n) is 11.4. The highest BCUT2D eigenvalue weighted by molar-refractivity contribution is 5.93. The van der Waals surface area contributed by atoms with Gasteiger partial charge in [0.25, 0.3) is 0 Å². The minimum absolute atomic E-state index is 0.179. The summed E-state index contributed by atoms with van der Waals surface area (Å²) in [6.07, 6.45) is -0.179. The van der Waals surface area contributed by atoms with E-state index in [-0.39, 0.29) is 6.42 Å². The maximum absolute atomic E-state index is 10.9. The Morgan fingerprint density at radius 3 is 1.75 bits per heavy atom. The van der Waals surface area contributed by atoms with Crippen LogP contribution in [0.25, 0.3) is 0 Å². The fourth-order valence-electron chi connectivity index (χ4n) is 1.77. The smallest absolute Gasteiger partial charge is 0.318 e. The summed E-state index contributed by atoms with van der Waals surface area (Å²) in [7, 11) is 4.29. The van der Waals surface area contributed by atoms with E-state index in [1.165, 1.54) is 33.5 Å². The number of carbonyl (C=O) groups is 2. The van der Waals surface area contributed by atoms with E-state index < -0.39 is 17.9 Å². The maximum atomic E-state index is 10.9. The number of aliphatic carboxylic acids is 2. The third-order valence-electron chi connectivity index (χ3n) is 2.76. The van der Waals surface area contributed by atoms with E-state index in [0.29, 0.717) is 22.8 Å². The molecular weight excluding hydrogens is 268 g/mol. The van der Waals surface area contributed by atoms with Crippen molar-refractivity contribution in [3.8, 4) is 17.2 Å². The molecule has 1 aromatic carbocycles. The van der Waals surface area contributed by atoms with E-state index in [1.807, 2.05) is 0 Å². The van der Waals surface area contributed by atoms with Crippen LogP contribution in [0.1, 0.15) is 5.56 Å². The van der Waals surface area contributed by atoms with Gasteiger partial charge in [0.2, 0.25) is 5.75 Å². The van der Waals surface area contributed by atoms with Crippen molar-refractivity contribution >= 4 is 11.9 Å². The largest absolute Gasteiger partial charge is 0.493 e. The number of hydrogen-bond donors (Lipinski definition) is 2. The Balaban J connectivity index is 3.19. The minimum Gasteiger partial charge on any atom is -0.493 e. The first-order valence-electron chi connectivity index (χ1n) is 5.69. The Hall–Kier alpha value is -2.44. The Bertz CT molecular complexity index is 470. The highest BCUT2D eigenvalue weighted by atomic mass is 16.5. The number of hydrogen-bond acceptors (Lipinski definition) is 5. The predicted octanol–water partition coefficient (Wildman–Crippen LogP) is 1.04. The molecule has 0 aliphatic carbocycles. The maximum Gasteiger partial charge on any atom is 0.318 e. The summed E-state index contributed by atoms with van der Waals surface area (Å²) >= 11 is 0. The van der Waals surface area contributed by atoms with Gasteiger partial charge in [0.1, 0.15) is 0 Å². The van der Waals surface area contributed by atoms with Gasteiger partial charge < -0.3 is 24.4 Å². The lowest BCUT2D eigenvalue weighted by molar-refractivity contribution is -0.154. The summed E-state index contributed by atoms with van der Waals surface area (Å²) in [5.74, 6) is -3.27. The van der Waals surface area contributed by atoms with E-state index >= 15 is 0 Å². The molecule has 1 aromatic rings. The second-order valence-electron chi connectivity index (χ2n) is 3.97. The zero-order valence-corrected chi connectivity index (χ0v) is 11.4. The van der Waals surface area contributed by atoms with Crippen molar-refractivity contribution in [3.63, 3.8) is 0 Å². The number of rotatable bonds is 7. The highest BCUT2D eigenvalue weighted by Gasteiger charge is 2.27. The van der Waals surface area contributed by atoms with Crippen LogP contribution in [0.4, 0.5) is 0 Å². The topological polar surface area (TPSA) is 102 Å². The number of methoxy groups -OCH3 is 3. The van der Waals surface area contributed by atoms with Gasteiger partial charge in [-0.2, -0.15) is 0 Å². The van der Waals surface area contributed by atoms with Crippen LogP contribution in [0.15, 0.2) is 12.1 Å². The first kappa shape index (κ1) is 15.6. The molecule has 0 bridgehead atoms. The fourth-order valence-corrected chi connectivity index (χ4v) is 1.77. The van der Waals surface area contributed by atoms with Crippen molar-refractivity contribution in [3.05, 3.63) is 17.7 Å². The Morgan fingerprint density at radius 2 is 1.45 bits per heavy atom. The van der Waals surface area contributed by atoms with Gasteiger partial charge >= 0.3 is 11.9 Å². The molecule has 1 rings (SSSR count). The first-order chi connectivity index (χ1) is 9.44. The van der Waals surface area contributed by atoms with Crippen LogP contribution in [-0.4, -0.2) is 43.5 Å². The van der Waals surface area contributed by atoms with Crippen LogP contribution in [0.3, 0.4) is 0 Å². The van der Waals surface area contributed by atoms with Crippen molar-refractivity contribution in [2.45, 2.75) is 6.42 Å². The Morgan fingerprint density at radius 1 is 1.00 bits per heavy atom. The summed E-state index contributed by atoms with van der Waals surface area (Å²) in [5.41, 5.74) is 0.467. The third-order valence-corrected chi connectivity index (χ3v) is 2.76. The molecule has 2 N–H and O–H groups in total. The zero-order chi connectivity index (χ0) is 15.3. The molecule has 0 unspecified atom stereocenters. The summed E-state index contributed by atoms with van der Waals surface area (Å²) in [6.45, 7) is 0. The summed E-state index contributed by atoms with van der Waals surface area (Å²) in [4.78, 5) is 21.8. The Kier molecular flexibility index (Phi) is 5.19. The van der Waals surface area contributed by atoms with Gasteiger partial charge in [0, 0.05) is 0 Å². The van der Waals surface area contributed by atoms with Gasteiger partial charge in [-0.1, -0.05) is 0 Å². The van der Waals surface area contributed by atoms with Crippen molar-refractivity contribution in [2.75, 3.05) is 21.3 Å². The predicted molar refractivity (Wildman–Crippen MR) is 68.6 cm³/mol. The van der Waals surface area contributed by atoms with E-state index in [0.717, 1.165) is 0 Å². The number of ether oxygens (including phenoxy) is 3. The van der Waals surface area contributed by atoms with Gasteiger partial charge in [-0.15, -0.1) is 0 Å². The standard InChI is InChI=1S/C13H16O7/c1-18-9-5-7(4-8(12(14)15)13(16)17)6-10(19-2)11(9)20-3/h5-6,8H,4H2,1-3H3,(H,14,15)(H,16,17). The van der Waals surface area contributed by atoms with Crippen LogP contribution in [0.5, 0.6) is 17.2 Å². The summed E-state index contributed by atoms with van der Waals surface area (Å²) in [6, 6.07) is 3.06. The fraction of sp³-hybridized carbons (Fsp3) is 0.385. The normalized spacial score (nSPS) is 10.2. The second-order valence-corrected chi connectivity index (χ2v) is 3.97. The molecule has 20 heavy (non-hydrogen) atoms. The molecule has 0 aromatic heterocycles. The molecule has 0 saturated carbocycles. The van der Waals surface area contributed by atoms with Crippen LogP contribution in [0.2, 0.25) is 0 Å². The van der Waals surface area contributed by atoms with Crippen LogP contribution >= 0.6 is 0 Å². The molecule has 0 fully saturated rings. The van der Waals surface area contributed by atoms with Crippen molar-refractivity contribution in [2.24, 2.45) is 5.92 Å². The molecule has 0 atom stereocenters. The molecule has 0 heterocycles. The summed E-state index contributed by atoms with van der Waals surface area (Å²) < 4.78 is 15.4. The summed E-state index contributed by atoms with van der Waals surface area (Å²) in [5, 5.41) is 17.8. The van der Waals surface area contributed by atoms with Crippen molar-refractivity contribution < 1.29 is 34.0 Å².